The van der Waals surface area contributed by atoms with Crippen LogP contribution in [0.5, 0.6) is 0 Å². The number of benzene rings is 1. The molecular formula is C21H27BrF3N3O3Si. The van der Waals surface area contributed by atoms with Crippen LogP contribution in [-0.4, -0.2) is 42.0 Å². The molecule has 1 N–H and O–H groups in total. The second kappa shape index (κ2) is 10.1. The van der Waals surface area contributed by atoms with Crippen molar-refractivity contribution in [2.24, 2.45) is 5.92 Å². The van der Waals surface area contributed by atoms with Gasteiger partial charge in [0.2, 0.25) is 5.91 Å². The summed E-state index contributed by atoms with van der Waals surface area (Å²) in [5.41, 5.74) is 0.681. The van der Waals surface area contributed by atoms with Crippen molar-refractivity contribution >= 4 is 35.7 Å². The first kappa shape index (κ1) is 24.9. The predicted molar refractivity (Wildman–Crippen MR) is 120 cm³/mol. The SMILES string of the molecule is C[Si](C)(C)CCOCn1nc(Br)c(CO)c1N1CCC(Cc2cc(F)c(F)c(F)c2)C1=O. The minimum atomic E-state index is -1.52. The number of carbonyl (C=O) groups excluding carboxylic acids is 1. The van der Waals surface area contributed by atoms with Crippen molar-refractivity contribution in [3.05, 3.63) is 45.3 Å². The standard InChI is InChI=1S/C21H27BrF3N3O3Si/c1-32(2,3)7-6-31-12-28-20(15(11-29)19(22)26-28)27-5-4-14(21(27)30)8-13-9-16(23)18(25)17(24)10-13/h9-10,14,29H,4-8,11-12H2,1-3H3. The minimum absolute atomic E-state index is 0.0833. The van der Waals surface area contributed by atoms with Crippen LogP contribution in [0.2, 0.25) is 25.7 Å². The lowest BCUT2D eigenvalue weighted by atomic mass is 9.98. The molecule has 0 bridgehead atoms. The predicted octanol–water partition coefficient (Wildman–Crippen LogP) is 4.46. The van der Waals surface area contributed by atoms with E-state index < -0.39 is 31.4 Å². The molecule has 0 radical (unpaired) electrons. The first-order valence-electron chi connectivity index (χ1n) is 10.4. The van der Waals surface area contributed by atoms with Crippen molar-refractivity contribution < 1.29 is 27.8 Å². The summed E-state index contributed by atoms with van der Waals surface area (Å²) in [6.07, 6.45) is 0.531. The topological polar surface area (TPSA) is 67.6 Å². The van der Waals surface area contributed by atoms with Gasteiger partial charge in [0, 0.05) is 27.1 Å². The molecule has 1 unspecified atom stereocenters. The lowest BCUT2D eigenvalue weighted by Gasteiger charge is -2.21. The zero-order valence-corrected chi connectivity index (χ0v) is 20.9. The van der Waals surface area contributed by atoms with Crippen LogP contribution in [-0.2, 0) is 29.3 Å². The highest BCUT2D eigenvalue weighted by atomic mass is 79.9. The van der Waals surface area contributed by atoms with Gasteiger partial charge in [-0.1, -0.05) is 19.6 Å². The number of ether oxygens (including phenoxy) is 1. The monoisotopic (exact) mass is 533 g/mol. The smallest absolute Gasteiger partial charge is 0.231 e. The molecule has 1 aliphatic rings. The molecule has 1 amide bonds. The van der Waals surface area contributed by atoms with Crippen molar-refractivity contribution in [2.75, 3.05) is 18.1 Å². The molecule has 1 fully saturated rings. The first-order chi connectivity index (χ1) is 15.0. The molecule has 1 aromatic carbocycles. The zero-order valence-electron chi connectivity index (χ0n) is 18.3. The number of amides is 1. The molecule has 1 atom stereocenters. The van der Waals surface area contributed by atoms with Crippen molar-refractivity contribution in [3.8, 4) is 0 Å². The first-order valence-corrected chi connectivity index (χ1v) is 14.9. The van der Waals surface area contributed by atoms with Gasteiger partial charge in [-0.3, -0.25) is 9.69 Å². The molecule has 1 aliphatic heterocycles. The molecule has 2 aromatic rings. The third kappa shape index (κ3) is 5.62. The summed E-state index contributed by atoms with van der Waals surface area (Å²) < 4.78 is 48.1. The fraction of sp³-hybridized carbons (Fsp3) is 0.524. The Balaban J connectivity index is 1.77. The number of aromatic nitrogens is 2. The molecule has 0 aliphatic carbocycles. The number of carbonyl (C=O) groups is 1. The van der Waals surface area contributed by atoms with Gasteiger partial charge in [0.1, 0.15) is 17.2 Å². The molecule has 1 aromatic heterocycles. The summed E-state index contributed by atoms with van der Waals surface area (Å²) in [5.74, 6) is -4.41. The van der Waals surface area contributed by atoms with Gasteiger partial charge >= 0.3 is 0 Å². The van der Waals surface area contributed by atoms with E-state index in [-0.39, 0.29) is 31.2 Å². The highest BCUT2D eigenvalue weighted by Crippen LogP contribution is 2.34. The number of nitrogens with zero attached hydrogens (tertiary/aromatic N) is 3. The second-order valence-electron chi connectivity index (χ2n) is 9.15. The molecule has 3 rings (SSSR count). The summed E-state index contributed by atoms with van der Waals surface area (Å²) in [6, 6.07) is 2.81. The second-order valence-corrected chi connectivity index (χ2v) is 15.5. The fourth-order valence-electron chi connectivity index (χ4n) is 3.67. The third-order valence-corrected chi connectivity index (χ3v) is 7.78. The van der Waals surface area contributed by atoms with E-state index in [0.29, 0.717) is 35.6 Å². The van der Waals surface area contributed by atoms with Gasteiger partial charge in [-0.15, -0.1) is 0 Å². The number of hydrogen-bond acceptors (Lipinski definition) is 4. The largest absolute Gasteiger partial charge is 0.391 e. The van der Waals surface area contributed by atoms with Crippen LogP contribution in [0.4, 0.5) is 19.0 Å². The highest BCUT2D eigenvalue weighted by molar-refractivity contribution is 9.10. The Kier molecular flexibility index (Phi) is 7.84. The summed E-state index contributed by atoms with van der Waals surface area (Å²) in [5, 5.41) is 14.2. The molecule has 32 heavy (non-hydrogen) atoms. The summed E-state index contributed by atoms with van der Waals surface area (Å²) in [4.78, 5) is 14.6. The molecule has 176 valence electrons. The van der Waals surface area contributed by atoms with Gasteiger partial charge in [-0.2, -0.15) is 5.10 Å². The van der Waals surface area contributed by atoms with Crippen molar-refractivity contribution in [3.63, 3.8) is 0 Å². The van der Waals surface area contributed by atoms with E-state index in [1.165, 1.54) is 9.58 Å². The maximum atomic E-state index is 13.6. The van der Waals surface area contributed by atoms with Crippen LogP contribution in [0.1, 0.15) is 17.5 Å². The minimum Gasteiger partial charge on any atom is -0.391 e. The molecule has 0 saturated carbocycles. The Bertz CT molecular complexity index is 974. The lowest BCUT2D eigenvalue weighted by molar-refractivity contribution is -0.120. The molecule has 2 heterocycles. The fourth-order valence-corrected chi connectivity index (χ4v) is 4.92. The maximum Gasteiger partial charge on any atom is 0.231 e. The zero-order chi connectivity index (χ0) is 23.6. The normalized spacial score (nSPS) is 16.9. The molecule has 6 nitrogen and oxygen atoms in total. The van der Waals surface area contributed by atoms with E-state index in [1.54, 1.807) is 0 Å². The number of anilines is 1. The molecule has 0 spiro atoms. The maximum absolute atomic E-state index is 13.6. The van der Waals surface area contributed by atoms with Crippen molar-refractivity contribution in [1.82, 2.24) is 9.78 Å². The Morgan fingerprint density at radius 1 is 1.25 bits per heavy atom. The Labute approximate surface area is 194 Å². The quantitative estimate of drug-likeness (QED) is 0.293. The van der Waals surface area contributed by atoms with Crippen LogP contribution >= 0.6 is 15.9 Å². The Morgan fingerprint density at radius 2 is 1.91 bits per heavy atom. The summed E-state index contributed by atoms with van der Waals surface area (Å²) in [6.45, 7) is 7.47. The summed E-state index contributed by atoms with van der Waals surface area (Å²) >= 11 is 3.33. The van der Waals surface area contributed by atoms with Crippen LogP contribution in [0.15, 0.2) is 16.7 Å². The van der Waals surface area contributed by atoms with Gasteiger partial charge < -0.3 is 9.84 Å². The van der Waals surface area contributed by atoms with E-state index in [1.807, 2.05) is 0 Å². The highest BCUT2D eigenvalue weighted by Gasteiger charge is 2.36. The van der Waals surface area contributed by atoms with Gasteiger partial charge in [0.25, 0.3) is 0 Å². The van der Waals surface area contributed by atoms with Gasteiger partial charge in [0.05, 0.1) is 12.2 Å². The van der Waals surface area contributed by atoms with E-state index in [4.69, 9.17) is 4.74 Å². The van der Waals surface area contributed by atoms with Crippen molar-refractivity contribution in [1.29, 1.82) is 0 Å². The van der Waals surface area contributed by atoms with Crippen LogP contribution in [0, 0.1) is 23.4 Å². The van der Waals surface area contributed by atoms with E-state index in [0.717, 1.165) is 18.2 Å². The Morgan fingerprint density at radius 3 is 2.50 bits per heavy atom. The van der Waals surface area contributed by atoms with E-state index in [9.17, 15) is 23.1 Å². The van der Waals surface area contributed by atoms with Gasteiger partial charge in [0.15, 0.2) is 17.5 Å². The van der Waals surface area contributed by atoms with Crippen LogP contribution in [0.3, 0.4) is 0 Å². The molecule has 1 saturated heterocycles. The van der Waals surface area contributed by atoms with Crippen LogP contribution in [0.25, 0.3) is 0 Å². The van der Waals surface area contributed by atoms with Crippen molar-refractivity contribution in [2.45, 2.75) is 51.9 Å². The molecule has 11 heteroatoms. The number of hydrogen-bond donors (Lipinski definition) is 1. The number of aliphatic hydroxyl groups is 1. The number of aliphatic hydroxyl groups excluding tert-OH is 1. The van der Waals surface area contributed by atoms with Gasteiger partial charge in [-0.25, -0.2) is 17.9 Å². The van der Waals surface area contributed by atoms with E-state index in [2.05, 4.69) is 40.7 Å². The Hall–Kier alpha value is -1.69. The average Bonchev–Trinajstić information content (AvgIpc) is 3.21. The number of halogens is 4. The van der Waals surface area contributed by atoms with Gasteiger partial charge in [-0.05, 0) is 52.5 Å². The lowest BCUT2D eigenvalue weighted by Crippen LogP contribution is -2.31. The molecular weight excluding hydrogens is 507 g/mol. The van der Waals surface area contributed by atoms with Crippen LogP contribution < -0.4 is 4.90 Å². The average molecular weight is 534 g/mol. The number of rotatable bonds is 9. The van der Waals surface area contributed by atoms with E-state index >= 15 is 0 Å². The third-order valence-electron chi connectivity index (χ3n) is 5.44. The summed E-state index contributed by atoms with van der Waals surface area (Å²) in [7, 11) is -1.26.